The molecule has 17 heavy (non-hydrogen) atoms. The first-order chi connectivity index (χ1) is 8.06. The molecule has 0 saturated heterocycles. The van der Waals surface area contributed by atoms with Gasteiger partial charge in [0, 0.05) is 6.92 Å². The zero-order valence-electron chi connectivity index (χ0n) is 8.98. The lowest BCUT2D eigenvalue weighted by Crippen LogP contribution is -2.06. The second kappa shape index (κ2) is 4.59. The summed E-state index contributed by atoms with van der Waals surface area (Å²) in [5, 5.41) is 0.0871. The molecule has 0 amide bonds. The SMILES string of the molecule is CC(=O)Oc1ccc(C2C=C(Cl)OC2=O)cc1. The Kier molecular flexibility index (Phi) is 3.15. The zero-order chi connectivity index (χ0) is 12.4. The summed E-state index contributed by atoms with van der Waals surface area (Å²) in [6, 6.07) is 6.61. The molecule has 1 aromatic carbocycles. The summed E-state index contributed by atoms with van der Waals surface area (Å²) in [5.41, 5.74) is 0.738. The highest BCUT2D eigenvalue weighted by Crippen LogP contribution is 2.30. The van der Waals surface area contributed by atoms with Gasteiger partial charge in [0.25, 0.3) is 0 Å². The Bertz CT molecular complexity index is 490. The van der Waals surface area contributed by atoms with Crippen LogP contribution in [0.15, 0.2) is 35.6 Å². The molecule has 88 valence electrons. The summed E-state index contributed by atoms with van der Waals surface area (Å²) < 4.78 is 9.61. The van der Waals surface area contributed by atoms with E-state index in [1.807, 2.05) is 0 Å². The van der Waals surface area contributed by atoms with Crippen LogP contribution in [0.25, 0.3) is 0 Å². The summed E-state index contributed by atoms with van der Waals surface area (Å²) in [6.07, 6.45) is 1.53. The second-order valence-electron chi connectivity index (χ2n) is 3.53. The van der Waals surface area contributed by atoms with E-state index in [1.165, 1.54) is 13.0 Å². The van der Waals surface area contributed by atoms with Gasteiger partial charge < -0.3 is 9.47 Å². The molecular weight excluding hydrogens is 244 g/mol. The summed E-state index contributed by atoms with van der Waals surface area (Å²) in [6.45, 7) is 1.32. The van der Waals surface area contributed by atoms with Crippen molar-refractivity contribution in [1.82, 2.24) is 0 Å². The number of benzene rings is 1. The molecule has 1 heterocycles. The summed E-state index contributed by atoms with van der Waals surface area (Å²) in [7, 11) is 0. The maximum Gasteiger partial charge on any atom is 0.323 e. The fourth-order valence-corrected chi connectivity index (χ4v) is 1.74. The Morgan fingerprint density at radius 1 is 1.35 bits per heavy atom. The quantitative estimate of drug-likeness (QED) is 0.599. The van der Waals surface area contributed by atoms with Gasteiger partial charge in [0.05, 0.1) is 0 Å². The Balaban J connectivity index is 2.18. The Labute approximate surface area is 103 Å². The monoisotopic (exact) mass is 252 g/mol. The lowest BCUT2D eigenvalue weighted by Gasteiger charge is -2.06. The predicted molar refractivity (Wildman–Crippen MR) is 60.5 cm³/mol. The number of hydrogen-bond donors (Lipinski definition) is 0. The van der Waals surface area contributed by atoms with Crippen LogP contribution >= 0.6 is 11.6 Å². The van der Waals surface area contributed by atoms with E-state index in [1.54, 1.807) is 24.3 Å². The minimum Gasteiger partial charge on any atom is -0.427 e. The van der Waals surface area contributed by atoms with Gasteiger partial charge in [0.1, 0.15) is 11.7 Å². The maximum absolute atomic E-state index is 11.4. The predicted octanol–water partition coefficient (Wildman–Crippen LogP) is 2.33. The molecule has 0 N–H and O–H groups in total. The van der Waals surface area contributed by atoms with Crippen LogP contribution in [0.4, 0.5) is 0 Å². The van der Waals surface area contributed by atoms with E-state index >= 15 is 0 Å². The second-order valence-corrected chi connectivity index (χ2v) is 3.90. The van der Waals surface area contributed by atoms with E-state index in [0.717, 1.165) is 5.56 Å². The number of carbonyl (C=O) groups is 2. The van der Waals surface area contributed by atoms with Crippen molar-refractivity contribution >= 4 is 23.5 Å². The van der Waals surface area contributed by atoms with E-state index in [-0.39, 0.29) is 11.2 Å². The first kappa shape index (κ1) is 11.7. The molecule has 0 radical (unpaired) electrons. The van der Waals surface area contributed by atoms with Gasteiger partial charge in [-0.2, -0.15) is 0 Å². The number of carbonyl (C=O) groups excluding carboxylic acids is 2. The lowest BCUT2D eigenvalue weighted by molar-refractivity contribution is -0.137. The molecule has 1 aliphatic heterocycles. The van der Waals surface area contributed by atoms with Crippen molar-refractivity contribution in [2.45, 2.75) is 12.8 Å². The van der Waals surface area contributed by atoms with Crippen molar-refractivity contribution in [3.05, 3.63) is 41.1 Å². The molecule has 0 aromatic heterocycles. The van der Waals surface area contributed by atoms with Gasteiger partial charge in [-0.05, 0) is 35.4 Å². The lowest BCUT2D eigenvalue weighted by atomic mass is 10.0. The molecule has 2 rings (SSSR count). The standard InChI is InChI=1S/C12H9ClO4/c1-7(14)16-9-4-2-8(3-5-9)10-6-11(13)17-12(10)15/h2-6,10H,1H3. The van der Waals surface area contributed by atoms with Crippen LogP contribution in [0.1, 0.15) is 18.4 Å². The molecule has 0 spiro atoms. The van der Waals surface area contributed by atoms with Crippen LogP contribution in [0, 0.1) is 0 Å². The Hall–Kier alpha value is -1.81. The van der Waals surface area contributed by atoms with Gasteiger partial charge in [-0.15, -0.1) is 0 Å². The third-order valence-corrected chi connectivity index (χ3v) is 2.45. The van der Waals surface area contributed by atoms with E-state index in [9.17, 15) is 9.59 Å². The van der Waals surface area contributed by atoms with Gasteiger partial charge in [-0.1, -0.05) is 12.1 Å². The Morgan fingerprint density at radius 3 is 2.47 bits per heavy atom. The van der Waals surface area contributed by atoms with Crippen molar-refractivity contribution in [3.63, 3.8) is 0 Å². The van der Waals surface area contributed by atoms with Crippen molar-refractivity contribution in [2.24, 2.45) is 0 Å². The third kappa shape index (κ3) is 2.65. The van der Waals surface area contributed by atoms with E-state index in [2.05, 4.69) is 0 Å². The molecule has 1 aromatic rings. The first-order valence-electron chi connectivity index (χ1n) is 4.93. The van der Waals surface area contributed by atoms with E-state index < -0.39 is 11.9 Å². The van der Waals surface area contributed by atoms with Crippen molar-refractivity contribution in [3.8, 4) is 5.75 Å². The van der Waals surface area contributed by atoms with Crippen molar-refractivity contribution < 1.29 is 19.1 Å². The number of hydrogen-bond acceptors (Lipinski definition) is 4. The minimum absolute atomic E-state index is 0.0871. The van der Waals surface area contributed by atoms with Gasteiger partial charge in [0.15, 0.2) is 5.22 Å². The molecule has 0 fully saturated rings. The molecule has 4 nitrogen and oxygen atoms in total. The fourth-order valence-electron chi connectivity index (χ4n) is 1.53. The van der Waals surface area contributed by atoms with Gasteiger partial charge in [0.2, 0.25) is 0 Å². The van der Waals surface area contributed by atoms with Crippen LogP contribution in [0.2, 0.25) is 0 Å². The smallest absolute Gasteiger partial charge is 0.323 e. The zero-order valence-corrected chi connectivity index (χ0v) is 9.73. The number of halogens is 1. The van der Waals surface area contributed by atoms with Gasteiger partial charge >= 0.3 is 11.9 Å². The van der Waals surface area contributed by atoms with Crippen molar-refractivity contribution in [1.29, 1.82) is 0 Å². The number of cyclic esters (lactones) is 1. The van der Waals surface area contributed by atoms with Crippen LogP contribution in [-0.4, -0.2) is 11.9 Å². The third-order valence-electron chi connectivity index (χ3n) is 2.25. The fraction of sp³-hybridized carbons (Fsp3) is 0.167. The summed E-state index contributed by atoms with van der Waals surface area (Å²) in [5.74, 6) is -0.854. The van der Waals surface area contributed by atoms with Gasteiger partial charge in [-0.25, -0.2) is 0 Å². The molecule has 5 heteroatoms. The molecule has 0 bridgehead atoms. The largest absolute Gasteiger partial charge is 0.427 e. The van der Waals surface area contributed by atoms with E-state index in [0.29, 0.717) is 5.75 Å². The first-order valence-corrected chi connectivity index (χ1v) is 5.31. The molecular formula is C12H9ClO4. The molecule has 1 unspecified atom stereocenters. The highest BCUT2D eigenvalue weighted by molar-refractivity contribution is 6.29. The summed E-state index contributed by atoms with van der Waals surface area (Å²) >= 11 is 5.60. The normalized spacial score (nSPS) is 18.6. The average Bonchev–Trinajstić information content (AvgIpc) is 2.58. The number of rotatable bonds is 2. The average molecular weight is 253 g/mol. The number of ether oxygens (including phenoxy) is 2. The van der Waals surface area contributed by atoms with E-state index in [4.69, 9.17) is 21.1 Å². The Morgan fingerprint density at radius 2 is 2.00 bits per heavy atom. The maximum atomic E-state index is 11.4. The highest BCUT2D eigenvalue weighted by atomic mass is 35.5. The molecule has 1 aliphatic rings. The summed E-state index contributed by atoms with van der Waals surface area (Å²) in [4.78, 5) is 22.1. The molecule has 1 atom stereocenters. The number of esters is 2. The van der Waals surface area contributed by atoms with Crippen LogP contribution in [0.3, 0.4) is 0 Å². The van der Waals surface area contributed by atoms with Crippen LogP contribution < -0.4 is 4.74 Å². The highest BCUT2D eigenvalue weighted by Gasteiger charge is 2.27. The van der Waals surface area contributed by atoms with Gasteiger partial charge in [-0.3, -0.25) is 9.59 Å². The minimum atomic E-state index is -0.492. The van der Waals surface area contributed by atoms with Crippen LogP contribution in [-0.2, 0) is 14.3 Å². The van der Waals surface area contributed by atoms with Crippen LogP contribution in [0.5, 0.6) is 5.75 Å². The van der Waals surface area contributed by atoms with Crippen molar-refractivity contribution in [2.75, 3.05) is 0 Å². The molecule has 0 saturated carbocycles. The topological polar surface area (TPSA) is 52.6 Å². The molecule has 0 aliphatic carbocycles.